The third kappa shape index (κ3) is 2.82. The summed E-state index contributed by atoms with van der Waals surface area (Å²) in [5, 5.41) is 1.07. The lowest BCUT2D eigenvalue weighted by atomic mass is 10.1. The van der Waals surface area contributed by atoms with Crippen LogP contribution in [0.4, 0.5) is 0 Å². The van der Waals surface area contributed by atoms with Gasteiger partial charge in [0.05, 0.1) is 11.2 Å². The second-order valence-electron chi connectivity index (χ2n) is 5.53. The van der Waals surface area contributed by atoms with E-state index in [1.807, 2.05) is 78.9 Å². The average molecular weight is 308 g/mol. The molecule has 0 unspecified atom stereocenters. The molecule has 1 aliphatic carbocycles. The van der Waals surface area contributed by atoms with Crippen molar-refractivity contribution in [2.24, 2.45) is 0 Å². The van der Waals surface area contributed by atoms with Gasteiger partial charge < -0.3 is 0 Å². The van der Waals surface area contributed by atoms with Crippen LogP contribution in [-0.2, 0) is 0 Å². The quantitative estimate of drug-likeness (QED) is 0.636. The number of hydrogen-bond donors (Lipinski definition) is 0. The average Bonchev–Trinajstić information content (AvgIpc) is 2.61. The molecule has 114 valence electrons. The normalized spacial score (nSPS) is 19.8. The van der Waals surface area contributed by atoms with Crippen LogP contribution in [-0.4, -0.2) is 9.97 Å². The van der Waals surface area contributed by atoms with E-state index in [1.54, 1.807) is 0 Å². The van der Waals surface area contributed by atoms with Gasteiger partial charge in [0.25, 0.3) is 0 Å². The third-order valence-electron chi connectivity index (χ3n) is 3.90. The van der Waals surface area contributed by atoms with E-state index in [1.165, 1.54) is 0 Å². The number of rotatable bonds is 2. The van der Waals surface area contributed by atoms with Crippen molar-refractivity contribution in [2.45, 2.75) is 0 Å². The van der Waals surface area contributed by atoms with E-state index in [2.05, 4.69) is 18.2 Å². The summed E-state index contributed by atoms with van der Waals surface area (Å²) in [6.45, 7) is 0. The van der Waals surface area contributed by atoms with Crippen molar-refractivity contribution < 1.29 is 0 Å². The Balaban J connectivity index is 1.95. The minimum atomic E-state index is 0.740. The highest BCUT2D eigenvalue weighted by molar-refractivity contribution is 5.93. The van der Waals surface area contributed by atoms with Crippen LogP contribution >= 0.6 is 0 Å². The second kappa shape index (κ2) is 6.47. The van der Waals surface area contributed by atoms with Crippen molar-refractivity contribution in [3.63, 3.8) is 0 Å². The summed E-state index contributed by atoms with van der Waals surface area (Å²) in [5.74, 6) is 0.740. The first-order valence-corrected chi connectivity index (χ1v) is 7.96. The Morgan fingerprint density at radius 2 is 1.38 bits per heavy atom. The molecule has 1 aromatic heterocycles. The lowest BCUT2D eigenvalue weighted by molar-refractivity contribution is 1.17. The Kier molecular flexibility index (Phi) is 3.86. The molecular formula is C22H16N2. The summed E-state index contributed by atoms with van der Waals surface area (Å²) in [6.07, 6.45) is 14.1. The Hall–Kier alpha value is -3.26. The fourth-order valence-corrected chi connectivity index (χ4v) is 2.74. The molecule has 0 fully saturated rings. The first-order chi connectivity index (χ1) is 11.9. The third-order valence-corrected chi connectivity index (χ3v) is 3.90. The van der Waals surface area contributed by atoms with Gasteiger partial charge in [0.2, 0.25) is 0 Å². The molecule has 0 amide bonds. The summed E-state index contributed by atoms with van der Waals surface area (Å²) in [7, 11) is 0. The number of para-hydroxylation sites is 1. The summed E-state index contributed by atoms with van der Waals surface area (Å²) >= 11 is 0. The number of nitrogens with zero attached hydrogens (tertiary/aromatic N) is 2. The molecule has 0 bridgehead atoms. The number of hydrogen-bond acceptors (Lipinski definition) is 2. The predicted octanol–water partition coefficient (Wildman–Crippen LogP) is 5.36. The predicted molar refractivity (Wildman–Crippen MR) is 100 cm³/mol. The molecule has 0 atom stereocenters. The van der Waals surface area contributed by atoms with Gasteiger partial charge in [-0.3, -0.25) is 0 Å². The zero-order valence-electron chi connectivity index (χ0n) is 13.1. The van der Waals surface area contributed by atoms with Crippen LogP contribution in [0.3, 0.4) is 0 Å². The maximum absolute atomic E-state index is 4.88. The van der Waals surface area contributed by atoms with Gasteiger partial charge >= 0.3 is 0 Å². The first kappa shape index (κ1) is 14.3. The second-order valence-corrected chi connectivity index (χ2v) is 5.53. The zero-order chi connectivity index (χ0) is 16.2. The van der Waals surface area contributed by atoms with E-state index >= 15 is 0 Å². The van der Waals surface area contributed by atoms with Crippen LogP contribution in [0.5, 0.6) is 0 Å². The fourth-order valence-electron chi connectivity index (χ4n) is 2.74. The monoisotopic (exact) mass is 308 g/mol. The summed E-state index contributed by atoms with van der Waals surface area (Å²) < 4.78 is 0. The lowest BCUT2D eigenvalue weighted by Gasteiger charge is -2.09. The molecule has 1 heterocycles. The van der Waals surface area contributed by atoms with Crippen molar-refractivity contribution in [1.82, 2.24) is 9.97 Å². The van der Waals surface area contributed by atoms with Crippen molar-refractivity contribution in [3.05, 3.63) is 103 Å². The molecule has 0 radical (unpaired) electrons. The Morgan fingerprint density at radius 1 is 0.625 bits per heavy atom. The fraction of sp³-hybridized carbons (Fsp3) is 0. The smallest absolute Gasteiger partial charge is 0.160 e. The molecule has 0 spiro atoms. The minimum absolute atomic E-state index is 0.740. The van der Waals surface area contributed by atoms with Crippen LogP contribution < -0.4 is 0 Å². The highest BCUT2D eigenvalue weighted by Gasteiger charge is 2.11. The van der Waals surface area contributed by atoms with Gasteiger partial charge in [-0.2, -0.15) is 0 Å². The van der Waals surface area contributed by atoms with E-state index in [9.17, 15) is 0 Å². The number of fused-ring (bicyclic) bond motifs is 1. The van der Waals surface area contributed by atoms with Gasteiger partial charge in [0.1, 0.15) is 0 Å². The van der Waals surface area contributed by atoms with Crippen molar-refractivity contribution in [3.8, 4) is 11.3 Å². The molecule has 2 nitrogen and oxygen atoms in total. The Morgan fingerprint density at radius 3 is 2.29 bits per heavy atom. The van der Waals surface area contributed by atoms with E-state index in [4.69, 9.17) is 9.97 Å². The highest BCUT2D eigenvalue weighted by Crippen LogP contribution is 2.28. The molecule has 3 aromatic rings. The number of benzene rings is 2. The van der Waals surface area contributed by atoms with Crippen molar-refractivity contribution >= 4 is 16.5 Å². The molecule has 0 aliphatic heterocycles. The molecule has 1 aliphatic rings. The standard InChI is InChI=1S/C22H16N2/c1-2-5-13-18(14-6-3-1)22-23-20-16-10-9-15-19(20)21(24-22)17-11-7-4-8-12-17/h1-16H/b2-1-,3-1?,5-2?,6-3-,13-5-,14-6?,18-13?,18-14+. The van der Waals surface area contributed by atoms with Crippen LogP contribution in [0.15, 0.2) is 97.1 Å². The maximum atomic E-state index is 4.88. The topological polar surface area (TPSA) is 25.8 Å². The van der Waals surface area contributed by atoms with Crippen LogP contribution in [0.25, 0.3) is 27.7 Å². The summed E-state index contributed by atoms with van der Waals surface area (Å²) in [4.78, 5) is 9.65. The molecule has 2 heteroatoms. The number of aromatic nitrogens is 2. The van der Waals surface area contributed by atoms with Crippen molar-refractivity contribution in [2.75, 3.05) is 0 Å². The molecular weight excluding hydrogens is 292 g/mol. The van der Waals surface area contributed by atoms with Crippen molar-refractivity contribution in [1.29, 1.82) is 0 Å². The van der Waals surface area contributed by atoms with Gasteiger partial charge in [-0.05, 0) is 6.07 Å². The van der Waals surface area contributed by atoms with E-state index in [0.717, 1.165) is 33.6 Å². The first-order valence-electron chi connectivity index (χ1n) is 7.96. The Labute approximate surface area is 141 Å². The molecule has 0 saturated heterocycles. The molecule has 24 heavy (non-hydrogen) atoms. The summed E-state index contributed by atoms with van der Waals surface area (Å²) in [6, 6.07) is 18.4. The molecule has 2 aromatic carbocycles. The lowest BCUT2D eigenvalue weighted by Crippen LogP contribution is -1.97. The molecule has 4 rings (SSSR count). The zero-order valence-corrected chi connectivity index (χ0v) is 13.1. The number of allylic oxidation sites excluding steroid dienone is 8. The van der Waals surface area contributed by atoms with Crippen LogP contribution in [0.2, 0.25) is 0 Å². The molecule has 0 N–H and O–H groups in total. The van der Waals surface area contributed by atoms with Gasteiger partial charge in [0, 0.05) is 16.5 Å². The molecule has 0 saturated carbocycles. The van der Waals surface area contributed by atoms with E-state index in [0.29, 0.717) is 0 Å². The van der Waals surface area contributed by atoms with E-state index in [-0.39, 0.29) is 0 Å². The highest BCUT2D eigenvalue weighted by atomic mass is 14.9. The van der Waals surface area contributed by atoms with E-state index < -0.39 is 0 Å². The van der Waals surface area contributed by atoms with Gasteiger partial charge in [-0.25, -0.2) is 9.97 Å². The maximum Gasteiger partial charge on any atom is 0.160 e. The van der Waals surface area contributed by atoms with Gasteiger partial charge in [-0.15, -0.1) is 0 Å². The minimum Gasteiger partial charge on any atom is -0.228 e. The SMILES string of the molecule is C1=C\C=C/C(c2nc(-c3ccccc3)c3ccccc3n2)=C\C=C/1. The van der Waals surface area contributed by atoms with Gasteiger partial charge in [-0.1, -0.05) is 91.1 Å². The summed E-state index contributed by atoms with van der Waals surface area (Å²) in [5.41, 5.74) is 4.02. The van der Waals surface area contributed by atoms with Crippen LogP contribution in [0, 0.1) is 0 Å². The van der Waals surface area contributed by atoms with Crippen LogP contribution in [0.1, 0.15) is 5.82 Å². The van der Waals surface area contributed by atoms with Gasteiger partial charge in [0.15, 0.2) is 5.82 Å². The Bertz CT molecular complexity index is 993. The largest absolute Gasteiger partial charge is 0.228 e.